The second-order valence-electron chi connectivity index (χ2n) is 4.87. The van der Waals surface area contributed by atoms with Crippen molar-refractivity contribution in [3.8, 4) is 0 Å². The van der Waals surface area contributed by atoms with Crippen LogP contribution < -0.4 is 4.90 Å². The smallest absolute Gasteiger partial charge is 0.306 e. The van der Waals surface area contributed by atoms with Crippen LogP contribution >= 0.6 is 12.6 Å². The van der Waals surface area contributed by atoms with Crippen LogP contribution in [0.5, 0.6) is 0 Å². The van der Waals surface area contributed by atoms with E-state index < -0.39 is 5.97 Å². The highest BCUT2D eigenvalue weighted by Crippen LogP contribution is 2.26. The molecule has 1 fully saturated rings. The van der Waals surface area contributed by atoms with Crippen molar-refractivity contribution in [2.75, 3.05) is 18.0 Å². The lowest BCUT2D eigenvalue weighted by atomic mass is 9.96. The molecule has 18 heavy (non-hydrogen) atoms. The number of aliphatic carboxylic acids is 1. The Kier molecular flexibility index (Phi) is 4.17. The van der Waals surface area contributed by atoms with Gasteiger partial charge in [0.15, 0.2) is 0 Å². The van der Waals surface area contributed by atoms with E-state index in [2.05, 4.69) is 48.7 Å². The maximum atomic E-state index is 10.9. The average Bonchev–Trinajstić information content (AvgIpc) is 2.39. The predicted octanol–water partition coefficient (Wildman–Crippen LogP) is 2.98. The Hall–Kier alpha value is -1.16. The van der Waals surface area contributed by atoms with Gasteiger partial charge in [0.05, 0.1) is 5.92 Å². The van der Waals surface area contributed by atoms with Crippen LogP contribution in [-0.4, -0.2) is 24.2 Å². The standard InChI is InChI=1S/C14H19NO2S/c1-10(18)11-2-4-13(5-3-11)15-8-6-12(7-9-15)14(16)17/h2-5,10,12,18H,6-9H2,1H3,(H,16,17). The summed E-state index contributed by atoms with van der Waals surface area (Å²) in [5, 5.41) is 9.21. The van der Waals surface area contributed by atoms with Crippen molar-refractivity contribution in [2.45, 2.75) is 25.0 Å². The number of piperidine rings is 1. The first-order chi connectivity index (χ1) is 8.58. The van der Waals surface area contributed by atoms with Gasteiger partial charge in [-0.25, -0.2) is 0 Å². The van der Waals surface area contributed by atoms with Crippen LogP contribution in [0.25, 0.3) is 0 Å². The number of rotatable bonds is 3. The summed E-state index contributed by atoms with van der Waals surface area (Å²) < 4.78 is 0. The van der Waals surface area contributed by atoms with E-state index >= 15 is 0 Å². The Bertz CT molecular complexity index is 408. The fraction of sp³-hybridized carbons (Fsp3) is 0.500. The monoisotopic (exact) mass is 265 g/mol. The molecule has 0 aliphatic carbocycles. The first-order valence-corrected chi connectivity index (χ1v) is 6.85. The minimum atomic E-state index is -0.658. The number of carbonyl (C=O) groups is 1. The Labute approximate surface area is 113 Å². The van der Waals surface area contributed by atoms with E-state index in [4.69, 9.17) is 5.11 Å². The highest BCUT2D eigenvalue weighted by atomic mass is 32.1. The lowest BCUT2D eigenvalue weighted by Gasteiger charge is -2.32. The van der Waals surface area contributed by atoms with Crippen molar-refractivity contribution in [1.29, 1.82) is 0 Å². The van der Waals surface area contributed by atoms with Gasteiger partial charge in [0.2, 0.25) is 0 Å². The second kappa shape index (κ2) is 5.65. The molecule has 1 heterocycles. The number of benzene rings is 1. The van der Waals surface area contributed by atoms with Gasteiger partial charge in [0.1, 0.15) is 0 Å². The van der Waals surface area contributed by atoms with E-state index in [1.54, 1.807) is 0 Å². The first kappa shape index (κ1) is 13.3. The normalized spacial score (nSPS) is 18.7. The summed E-state index contributed by atoms with van der Waals surface area (Å²) in [5.41, 5.74) is 2.39. The maximum absolute atomic E-state index is 10.9. The van der Waals surface area contributed by atoms with Crippen LogP contribution in [0.3, 0.4) is 0 Å². The quantitative estimate of drug-likeness (QED) is 0.825. The van der Waals surface area contributed by atoms with Crippen molar-refractivity contribution in [3.63, 3.8) is 0 Å². The van der Waals surface area contributed by atoms with Crippen LogP contribution in [0.2, 0.25) is 0 Å². The maximum Gasteiger partial charge on any atom is 0.306 e. The third-order valence-corrected chi connectivity index (χ3v) is 3.88. The average molecular weight is 265 g/mol. The SMILES string of the molecule is CC(S)c1ccc(N2CCC(C(=O)O)CC2)cc1. The number of thiol groups is 1. The summed E-state index contributed by atoms with van der Waals surface area (Å²) in [6.45, 7) is 3.70. The number of carboxylic acid groups (broad SMARTS) is 1. The number of hydrogen-bond acceptors (Lipinski definition) is 3. The van der Waals surface area contributed by atoms with E-state index in [0.717, 1.165) is 25.9 Å². The number of nitrogens with zero attached hydrogens (tertiary/aromatic N) is 1. The molecule has 1 aromatic carbocycles. The number of carboxylic acids is 1. The van der Waals surface area contributed by atoms with E-state index in [1.807, 2.05) is 0 Å². The Morgan fingerprint density at radius 2 is 1.89 bits per heavy atom. The summed E-state index contributed by atoms with van der Waals surface area (Å²) in [6.07, 6.45) is 1.47. The number of anilines is 1. The molecule has 1 aliphatic rings. The third-order valence-electron chi connectivity index (χ3n) is 3.58. The minimum absolute atomic E-state index is 0.169. The molecule has 2 rings (SSSR count). The summed E-state index contributed by atoms with van der Waals surface area (Å²) in [5.74, 6) is -0.827. The van der Waals surface area contributed by atoms with Gasteiger partial charge in [-0.15, -0.1) is 0 Å². The highest BCUT2D eigenvalue weighted by molar-refractivity contribution is 7.80. The Morgan fingerprint density at radius 3 is 2.33 bits per heavy atom. The molecule has 98 valence electrons. The molecule has 0 saturated carbocycles. The summed E-state index contributed by atoms with van der Waals surface area (Å²) in [7, 11) is 0. The molecule has 1 atom stereocenters. The van der Waals surface area contributed by atoms with Gasteiger partial charge in [-0.2, -0.15) is 12.6 Å². The molecular weight excluding hydrogens is 246 g/mol. The molecule has 1 N–H and O–H groups in total. The van der Waals surface area contributed by atoms with Crippen molar-refractivity contribution in [1.82, 2.24) is 0 Å². The molecule has 0 aromatic heterocycles. The van der Waals surface area contributed by atoms with Crippen LogP contribution in [0.4, 0.5) is 5.69 Å². The topological polar surface area (TPSA) is 40.5 Å². The van der Waals surface area contributed by atoms with Crippen molar-refractivity contribution in [2.24, 2.45) is 5.92 Å². The van der Waals surface area contributed by atoms with Gasteiger partial charge in [0, 0.05) is 24.0 Å². The van der Waals surface area contributed by atoms with Crippen LogP contribution in [0.15, 0.2) is 24.3 Å². The molecular formula is C14H19NO2S. The fourth-order valence-electron chi connectivity index (χ4n) is 2.35. The van der Waals surface area contributed by atoms with Crippen LogP contribution in [0.1, 0.15) is 30.6 Å². The van der Waals surface area contributed by atoms with Gasteiger partial charge >= 0.3 is 5.97 Å². The van der Waals surface area contributed by atoms with E-state index in [0.29, 0.717) is 0 Å². The largest absolute Gasteiger partial charge is 0.481 e. The minimum Gasteiger partial charge on any atom is -0.481 e. The predicted molar refractivity (Wildman–Crippen MR) is 76.4 cm³/mol. The van der Waals surface area contributed by atoms with Crippen molar-refractivity contribution < 1.29 is 9.90 Å². The molecule has 0 radical (unpaired) electrons. The summed E-state index contributed by atoms with van der Waals surface area (Å²) >= 11 is 4.40. The summed E-state index contributed by atoms with van der Waals surface area (Å²) in [6, 6.07) is 8.39. The second-order valence-corrected chi connectivity index (χ2v) is 5.64. The molecule has 3 nitrogen and oxygen atoms in total. The molecule has 1 unspecified atom stereocenters. The fourth-order valence-corrected chi connectivity index (χ4v) is 2.52. The van der Waals surface area contributed by atoms with Crippen molar-refractivity contribution in [3.05, 3.63) is 29.8 Å². The van der Waals surface area contributed by atoms with Gasteiger partial charge in [0.25, 0.3) is 0 Å². The zero-order valence-corrected chi connectivity index (χ0v) is 11.4. The third kappa shape index (κ3) is 2.99. The Morgan fingerprint density at radius 1 is 1.33 bits per heavy atom. The highest BCUT2D eigenvalue weighted by Gasteiger charge is 2.24. The number of hydrogen-bond donors (Lipinski definition) is 2. The Balaban J connectivity index is 1.99. The van der Waals surface area contributed by atoms with Crippen LogP contribution in [0, 0.1) is 5.92 Å². The van der Waals surface area contributed by atoms with E-state index in [9.17, 15) is 4.79 Å². The molecule has 0 spiro atoms. The summed E-state index contributed by atoms with van der Waals surface area (Å²) in [4.78, 5) is 13.1. The zero-order chi connectivity index (χ0) is 13.1. The van der Waals surface area contributed by atoms with Crippen LogP contribution in [-0.2, 0) is 4.79 Å². The van der Waals surface area contributed by atoms with E-state index in [1.165, 1.54) is 11.3 Å². The zero-order valence-electron chi connectivity index (χ0n) is 10.5. The molecule has 4 heteroatoms. The molecule has 1 saturated heterocycles. The molecule has 0 bridgehead atoms. The first-order valence-electron chi connectivity index (χ1n) is 6.33. The van der Waals surface area contributed by atoms with E-state index in [-0.39, 0.29) is 11.2 Å². The molecule has 1 aliphatic heterocycles. The lowest BCUT2D eigenvalue weighted by molar-refractivity contribution is -0.142. The molecule has 0 amide bonds. The van der Waals surface area contributed by atoms with Gasteiger partial charge in [-0.1, -0.05) is 12.1 Å². The van der Waals surface area contributed by atoms with Gasteiger partial charge in [-0.3, -0.25) is 4.79 Å². The lowest BCUT2D eigenvalue weighted by Crippen LogP contribution is -2.36. The molecule has 1 aromatic rings. The van der Waals surface area contributed by atoms with Gasteiger partial charge in [-0.05, 0) is 37.5 Å². The van der Waals surface area contributed by atoms with Crippen molar-refractivity contribution >= 4 is 24.3 Å². The van der Waals surface area contributed by atoms with Gasteiger partial charge < -0.3 is 10.0 Å².